The van der Waals surface area contributed by atoms with E-state index in [2.05, 4.69) is 29.1 Å². The van der Waals surface area contributed by atoms with Gasteiger partial charge in [-0.3, -0.25) is 18.7 Å². The Morgan fingerprint density at radius 2 is 1.00 bits per heavy atom. The quantitative estimate of drug-likeness (QED) is 0.146. The monoisotopic (exact) mass is 665 g/mol. The Balaban J connectivity index is 0.000000184. The summed E-state index contributed by atoms with van der Waals surface area (Å²) in [6.07, 6.45) is 4.96. The second-order valence-electron chi connectivity index (χ2n) is 9.49. The van der Waals surface area contributed by atoms with Crippen molar-refractivity contribution < 1.29 is 25.5 Å². The molecule has 1 radical (unpaired) electrons. The standard InChI is InChI=1S/C17H13NO3.C15H10BrNO3.C2H4BO/c1-2-11-10-18(12-3-5-13(19)6-4-12)17(21)15-8-7-14(20)9-16(11)15;16-14-8-17(9-1-3-10(18)4-2-9)15(20)12-6-5-11(19)7-13(12)14;1-2-3-4/h2-10,19-20H,1H2;1-8,18-19H;2,4H,1H2. The van der Waals surface area contributed by atoms with Crippen LogP contribution in [0.5, 0.6) is 23.0 Å². The SMILES string of the molecule is C=C[B]O.C=Cc1cn(-c2ccc(O)cc2)c(=O)c2ccc(O)cc12.O=c1c2ccc(O)cc2c(Br)cn1-c1ccc(O)cc1. The van der Waals surface area contributed by atoms with Crippen LogP contribution in [0.3, 0.4) is 0 Å². The van der Waals surface area contributed by atoms with Gasteiger partial charge in [0, 0.05) is 44.4 Å². The average molecular weight is 666 g/mol. The Kier molecular flexibility index (Phi) is 10.3. The molecule has 5 N–H and O–H groups in total. The van der Waals surface area contributed by atoms with Crippen LogP contribution in [0.2, 0.25) is 0 Å². The first-order chi connectivity index (χ1) is 21.6. The molecule has 0 fully saturated rings. The van der Waals surface area contributed by atoms with Crippen LogP contribution >= 0.6 is 15.9 Å². The highest BCUT2D eigenvalue weighted by molar-refractivity contribution is 9.10. The molecule has 0 bridgehead atoms. The zero-order chi connectivity index (χ0) is 32.7. The third-order valence-corrected chi connectivity index (χ3v) is 7.20. The van der Waals surface area contributed by atoms with Crippen LogP contribution < -0.4 is 11.1 Å². The van der Waals surface area contributed by atoms with Crippen molar-refractivity contribution in [3.8, 4) is 34.4 Å². The largest absolute Gasteiger partial charge is 0.508 e. The summed E-state index contributed by atoms with van der Waals surface area (Å²) in [4.78, 5) is 25.1. The van der Waals surface area contributed by atoms with Gasteiger partial charge in [-0.1, -0.05) is 18.6 Å². The van der Waals surface area contributed by atoms with Crippen molar-refractivity contribution in [2.75, 3.05) is 0 Å². The van der Waals surface area contributed by atoms with Gasteiger partial charge in [-0.25, -0.2) is 0 Å². The summed E-state index contributed by atoms with van der Waals surface area (Å²) in [5.74, 6) is 1.81. The Morgan fingerprint density at radius 1 is 0.600 bits per heavy atom. The molecule has 0 aliphatic rings. The summed E-state index contributed by atoms with van der Waals surface area (Å²) >= 11 is 3.41. The first-order valence-corrected chi connectivity index (χ1v) is 14.1. The van der Waals surface area contributed by atoms with E-state index in [9.17, 15) is 30.0 Å². The van der Waals surface area contributed by atoms with Gasteiger partial charge in [0.05, 0.1) is 0 Å². The first-order valence-electron chi connectivity index (χ1n) is 13.3. The number of hydrogen-bond acceptors (Lipinski definition) is 7. The predicted molar refractivity (Wildman–Crippen MR) is 182 cm³/mol. The summed E-state index contributed by atoms with van der Waals surface area (Å²) in [6.45, 7) is 6.93. The molecule has 0 unspecified atom stereocenters. The fraction of sp³-hybridized carbons (Fsp3) is 0. The van der Waals surface area contributed by atoms with Crippen molar-refractivity contribution in [1.29, 1.82) is 0 Å². The topological polar surface area (TPSA) is 145 Å². The lowest BCUT2D eigenvalue weighted by Crippen LogP contribution is -2.18. The number of hydrogen-bond donors (Lipinski definition) is 5. The molecule has 45 heavy (non-hydrogen) atoms. The molecule has 0 aliphatic heterocycles. The highest BCUT2D eigenvalue weighted by atomic mass is 79.9. The summed E-state index contributed by atoms with van der Waals surface area (Å²) in [5.41, 5.74) is 1.67. The van der Waals surface area contributed by atoms with Gasteiger partial charge in [0.15, 0.2) is 0 Å². The zero-order valence-corrected chi connectivity index (χ0v) is 25.3. The van der Waals surface area contributed by atoms with Gasteiger partial charge in [-0.05, 0) is 112 Å². The summed E-state index contributed by atoms with van der Waals surface area (Å²) in [7, 11) is 0.889. The van der Waals surface area contributed by atoms with Crippen LogP contribution in [0.25, 0.3) is 39.0 Å². The third kappa shape index (κ3) is 7.35. The second kappa shape index (κ2) is 14.3. The van der Waals surface area contributed by atoms with Crippen LogP contribution in [0, 0.1) is 0 Å². The van der Waals surface area contributed by atoms with E-state index in [0.29, 0.717) is 37.4 Å². The van der Waals surface area contributed by atoms with Crippen molar-refractivity contribution in [2.24, 2.45) is 0 Å². The van der Waals surface area contributed by atoms with E-state index in [1.54, 1.807) is 67.0 Å². The van der Waals surface area contributed by atoms with Crippen LogP contribution in [-0.4, -0.2) is 42.1 Å². The second-order valence-corrected chi connectivity index (χ2v) is 10.3. The number of pyridine rings is 2. The lowest BCUT2D eigenvalue weighted by molar-refractivity contribution is 0.474. The number of halogens is 1. The van der Waals surface area contributed by atoms with E-state index >= 15 is 0 Å². The van der Waals surface area contributed by atoms with Crippen LogP contribution in [0.4, 0.5) is 0 Å². The summed E-state index contributed by atoms with van der Waals surface area (Å²) < 4.78 is 3.69. The van der Waals surface area contributed by atoms with E-state index in [-0.39, 0.29) is 34.1 Å². The lowest BCUT2D eigenvalue weighted by atomic mass is 10.1. The van der Waals surface area contributed by atoms with Gasteiger partial charge in [-0.15, -0.1) is 6.58 Å². The van der Waals surface area contributed by atoms with Crippen LogP contribution in [0.15, 0.2) is 131 Å². The molecule has 0 atom stereocenters. The van der Waals surface area contributed by atoms with E-state index in [0.717, 1.165) is 13.0 Å². The molecule has 2 heterocycles. The van der Waals surface area contributed by atoms with E-state index in [1.165, 1.54) is 51.5 Å². The van der Waals surface area contributed by atoms with E-state index in [4.69, 9.17) is 5.02 Å². The van der Waals surface area contributed by atoms with E-state index in [1.807, 2.05) is 0 Å². The molecule has 2 aromatic heterocycles. The van der Waals surface area contributed by atoms with Gasteiger partial charge in [0.2, 0.25) is 0 Å². The van der Waals surface area contributed by atoms with Crippen molar-refractivity contribution in [3.63, 3.8) is 0 Å². The number of aromatic hydroxyl groups is 4. The third-order valence-electron chi connectivity index (χ3n) is 6.56. The molecule has 4 aromatic carbocycles. The molecule has 0 saturated heterocycles. The molecule has 6 aromatic rings. The molecule has 6 rings (SSSR count). The van der Waals surface area contributed by atoms with Crippen molar-refractivity contribution >= 4 is 51.0 Å². The average Bonchev–Trinajstić information content (AvgIpc) is 3.04. The normalized spacial score (nSPS) is 10.3. The maximum absolute atomic E-state index is 12.6. The van der Waals surface area contributed by atoms with Crippen molar-refractivity contribution in [2.45, 2.75) is 0 Å². The number of fused-ring (bicyclic) bond motifs is 2. The van der Waals surface area contributed by atoms with Gasteiger partial charge in [0.1, 0.15) is 23.0 Å². The number of benzene rings is 4. The molecule has 0 spiro atoms. The highest BCUT2D eigenvalue weighted by Crippen LogP contribution is 2.26. The number of rotatable bonds is 4. The smallest absolute Gasteiger partial charge is 0.317 e. The number of nitrogens with zero attached hydrogens (tertiary/aromatic N) is 2. The van der Waals surface area contributed by atoms with Gasteiger partial charge >= 0.3 is 7.48 Å². The van der Waals surface area contributed by atoms with Gasteiger partial charge in [0.25, 0.3) is 11.1 Å². The number of phenolic OH excluding ortho intramolecular Hbond substituents is 4. The Labute approximate surface area is 266 Å². The Bertz CT molecular complexity index is 2120. The van der Waals surface area contributed by atoms with Crippen molar-refractivity contribution in [1.82, 2.24) is 9.13 Å². The maximum atomic E-state index is 12.6. The molecule has 0 amide bonds. The zero-order valence-electron chi connectivity index (χ0n) is 23.7. The maximum Gasteiger partial charge on any atom is 0.317 e. The van der Waals surface area contributed by atoms with Crippen LogP contribution in [0.1, 0.15) is 5.56 Å². The molecular formula is C34H27BBrN2O7. The van der Waals surface area contributed by atoms with Gasteiger partial charge in [-0.2, -0.15) is 0 Å². The fourth-order valence-corrected chi connectivity index (χ4v) is 4.95. The minimum absolute atomic E-state index is 0.104. The summed E-state index contributed by atoms with van der Waals surface area (Å²) in [6, 6.07) is 22.0. The molecule has 11 heteroatoms. The molecule has 9 nitrogen and oxygen atoms in total. The van der Waals surface area contributed by atoms with Crippen LogP contribution in [-0.2, 0) is 0 Å². The lowest BCUT2D eigenvalue weighted by Gasteiger charge is -2.10. The first kappa shape index (κ1) is 32.4. The predicted octanol–water partition coefficient (Wildman–Crippen LogP) is 5.95. The highest BCUT2D eigenvalue weighted by Gasteiger charge is 2.11. The number of aromatic nitrogens is 2. The van der Waals surface area contributed by atoms with Crippen molar-refractivity contribution in [3.05, 3.63) is 147 Å². The summed E-state index contributed by atoms with van der Waals surface area (Å²) in [5, 5.41) is 47.7. The van der Waals surface area contributed by atoms with Gasteiger partial charge < -0.3 is 25.5 Å². The Hall–Kier alpha value is -5.52. The van der Waals surface area contributed by atoms with E-state index < -0.39 is 0 Å². The minimum Gasteiger partial charge on any atom is -0.508 e. The fourth-order valence-electron chi connectivity index (χ4n) is 4.41. The Morgan fingerprint density at radius 3 is 1.44 bits per heavy atom. The molecule has 225 valence electrons. The molecule has 0 aliphatic carbocycles. The number of phenols is 4. The minimum atomic E-state index is -0.193. The molecular weight excluding hydrogens is 639 g/mol. The molecule has 0 saturated carbocycles.